The van der Waals surface area contributed by atoms with Gasteiger partial charge in [0.2, 0.25) is 0 Å². The summed E-state index contributed by atoms with van der Waals surface area (Å²) in [6.07, 6.45) is 2.07. The molecule has 9 heteroatoms. The molecule has 0 unspecified atom stereocenters. The number of rotatable bonds is 8. The van der Waals surface area contributed by atoms with Crippen molar-refractivity contribution in [2.45, 2.75) is 71.7 Å². The quantitative estimate of drug-likeness (QED) is 0.354. The van der Waals surface area contributed by atoms with Crippen molar-refractivity contribution < 1.29 is 9.47 Å². The summed E-state index contributed by atoms with van der Waals surface area (Å²) in [5, 5.41) is 14.0. The number of nitrogens with zero attached hydrogens (tertiary/aromatic N) is 5. The summed E-state index contributed by atoms with van der Waals surface area (Å²) in [6, 6.07) is 13.7. The number of hydrogen-bond donors (Lipinski definition) is 1. The van der Waals surface area contributed by atoms with Crippen molar-refractivity contribution in [1.29, 1.82) is 0 Å². The fraction of sp³-hybridized carbons (Fsp3) is 0.467. The van der Waals surface area contributed by atoms with E-state index in [1.54, 1.807) is 7.11 Å². The molecule has 1 fully saturated rings. The van der Waals surface area contributed by atoms with E-state index in [0.717, 1.165) is 52.8 Å². The van der Waals surface area contributed by atoms with Gasteiger partial charge in [-0.1, -0.05) is 23.8 Å². The van der Waals surface area contributed by atoms with Crippen molar-refractivity contribution >= 4 is 10.9 Å². The highest BCUT2D eigenvalue weighted by atomic mass is 16.5. The molecule has 0 amide bonds. The van der Waals surface area contributed by atoms with Crippen molar-refractivity contribution in [3.8, 4) is 5.75 Å². The lowest BCUT2D eigenvalue weighted by atomic mass is 9.98. The lowest BCUT2D eigenvalue weighted by Crippen LogP contribution is -2.40. The van der Waals surface area contributed by atoms with E-state index in [1.807, 2.05) is 29.8 Å². The molecule has 2 atom stereocenters. The Labute approximate surface area is 229 Å². The molecule has 0 aliphatic carbocycles. The van der Waals surface area contributed by atoms with Gasteiger partial charge < -0.3 is 14.5 Å². The van der Waals surface area contributed by atoms with Gasteiger partial charge in [0.05, 0.1) is 24.3 Å². The number of aromatic nitrogens is 5. The number of fused-ring (bicyclic) bond motifs is 1. The Morgan fingerprint density at radius 3 is 2.62 bits per heavy atom. The van der Waals surface area contributed by atoms with Gasteiger partial charge in [0.1, 0.15) is 11.8 Å². The predicted molar refractivity (Wildman–Crippen MR) is 151 cm³/mol. The van der Waals surface area contributed by atoms with Crippen LogP contribution in [-0.4, -0.2) is 56.5 Å². The van der Waals surface area contributed by atoms with Crippen LogP contribution in [0.3, 0.4) is 0 Å². The van der Waals surface area contributed by atoms with Crippen LogP contribution in [0.2, 0.25) is 0 Å². The number of methoxy groups -OCH3 is 1. The zero-order valence-electron chi connectivity index (χ0n) is 23.7. The summed E-state index contributed by atoms with van der Waals surface area (Å²) in [6.45, 7) is 12.3. The Morgan fingerprint density at radius 2 is 1.95 bits per heavy atom. The van der Waals surface area contributed by atoms with Crippen molar-refractivity contribution in [1.82, 2.24) is 30.1 Å². The summed E-state index contributed by atoms with van der Waals surface area (Å²) in [4.78, 5) is 19.3. The van der Waals surface area contributed by atoms with Crippen LogP contribution in [0.5, 0.6) is 5.75 Å². The summed E-state index contributed by atoms with van der Waals surface area (Å²) >= 11 is 0. The van der Waals surface area contributed by atoms with Gasteiger partial charge in [-0.25, -0.2) is 4.68 Å². The highest BCUT2D eigenvalue weighted by Gasteiger charge is 2.35. The van der Waals surface area contributed by atoms with Crippen molar-refractivity contribution in [3.63, 3.8) is 0 Å². The third-order valence-electron chi connectivity index (χ3n) is 7.36. The average Bonchev–Trinajstić information content (AvgIpc) is 3.58. The second-order valence-corrected chi connectivity index (χ2v) is 11.5. The number of pyridine rings is 1. The minimum atomic E-state index is -0.500. The standard InChI is InChI=1S/C30H38N6O3/c1-19-14-20(2)26-22(15-19)16-25(29(37)31-26)27(28-32-33-34-36(28)30(3,4)5)35(18-24-8-7-13-39-24)17-21-9-11-23(38-6)12-10-21/h9-12,14-16,24,27H,7-8,13,17-18H2,1-6H3,(H,31,37)/t24-,27+/m1/s1. The van der Waals surface area contributed by atoms with E-state index in [1.165, 1.54) is 0 Å². The number of H-pyrrole nitrogens is 1. The molecule has 1 aliphatic heterocycles. The topological polar surface area (TPSA) is 98.2 Å². The maximum atomic E-state index is 13.8. The van der Waals surface area contributed by atoms with Crippen LogP contribution in [-0.2, 0) is 16.8 Å². The molecule has 4 aromatic rings. The molecule has 0 bridgehead atoms. The molecule has 1 N–H and O–H groups in total. The van der Waals surface area contributed by atoms with Gasteiger partial charge in [0.25, 0.3) is 5.56 Å². The smallest absolute Gasteiger partial charge is 0.253 e. The molecule has 0 saturated carbocycles. The number of aryl methyl sites for hydroxylation is 2. The lowest BCUT2D eigenvalue weighted by Gasteiger charge is -2.34. The van der Waals surface area contributed by atoms with Crippen LogP contribution >= 0.6 is 0 Å². The highest BCUT2D eigenvalue weighted by molar-refractivity contribution is 5.83. The molecule has 206 valence electrons. The molecule has 2 aromatic heterocycles. The Bertz CT molecular complexity index is 1500. The number of ether oxygens (including phenoxy) is 2. The van der Waals surface area contributed by atoms with E-state index in [2.05, 4.69) is 77.4 Å². The Hall–Kier alpha value is -3.56. The average molecular weight is 531 g/mol. The van der Waals surface area contributed by atoms with Crippen molar-refractivity contribution in [2.24, 2.45) is 0 Å². The third-order valence-corrected chi connectivity index (χ3v) is 7.36. The van der Waals surface area contributed by atoms with Gasteiger partial charge in [-0.05, 0) is 98.7 Å². The third kappa shape index (κ3) is 5.74. The fourth-order valence-corrected chi connectivity index (χ4v) is 5.52. The Kier molecular flexibility index (Phi) is 7.55. The largest absolute Gasteiger partial charge is 0.497 e. The molecule has 1 aliphatic rings. The number of tetrazole rings is 1. The minimum absolute atomic E-state index is 0.0637. The molecule has 2 aromatic carbocycles. The lowest BCUT2D eigenvalue weighted by molar-refractivity contribution is 0.0564. The van der Waals surface area contributed by atoms with Gasteiger partial charge in [-0.3, -0.25) is 9.69 Å². The number of nitrogens with one attached hydrogen (secondary N) is 1. The predicted octanol–water partition coefficient (Wildman–Crippen LogP) is 4.67. The van der Waals surface area contributed by atoms with Gasteiger partial charge in [-0.15, -0.1) is 5.10 Å². The zero-order chi connectivity index (χ0) is 27.7. The Morgan fingerprint density at radius 1 is 1.18 bits per heavy atom. The van der Waals surface area contributed by atoms with Crippen LogP contribution in [0.1, 0.15) is 67.7 Å². The van der Waals surface area contributed by atoms with Crippen LogP contribution in [0.4, 0.5) is 0 Å². The van der Waals surface area contributed by atoms with E-state index in [-0.39, 0.29) is 17.2 Å². The Balaban J connectivity index is 1.70. The molecule has 3 heterocycles. The van der Waals surface area contributed by atoms with E-state index < -0.39 is 6.04 Å². The summed E-state index contributed by atoms with van der Waals surface area (Å²) < 4.78 is 13.3. The second kappa shape index (κ2) is 10.9. The number of benzene rings is 2. The minimum Gasteiger partial charge on any atom is -0.497 e. The summed E-state index contributed by atoms with van der Waals surface area (Å²) in [7, 11) is 1.66. The van der Waals surface area contributed by atoms with Crippen molar-refractivity contribution in [3.05, 3.63) is 80.9 Å². The van der Waals surface area contributed by atoms with E-state index in [4.69, 9.17) is 9.47 Å². The first-order valence-electron chi connectivity index (χ1n) is 13.6. The maximum absolute atomic E-state index is 13.8. The van der Waals surface area contributed by atoms with Crippen LogP contribution < -0.4 is 10.3 Å². The van der Waals surface area contributed by atoms with Crippen LogP contribution in [0, 0.1) is 13.8 Å². The molecule has 5 rings (SSSR count). The number of hydrogen-bond acceptors (Lipinski definition) is 7. The molecule has 39 heavy (non-hydrogen) atoms. The van der Waals surface area contributed by atoms with Crippen LogP contribution in [0.25, 0.3) is 10.9 Å². The molecule has 0 spiro atoms. The van der Waals surface area contributed by atoms with E-state index >= 15 is 0 Å². The molecule has 0 radical (unpaired) electrons. The molecular formula is C30H38N6O3. The van der Waals surface area contributed by atoms with Crippen LogP contribution in [0.15, 0.2) is 47.3 Å². The SMILES string of the molecule is COc1ccc(CN(C[C@H]2CCCO2)[C@@H](c2cc3cc(C)cc(C)c3[nH]c2=O)c2nnnn2C(C)(C)C)cc1. The van der Waals surface area contributed by atoms with Gasteiger partial charge in [0, 0.05) is 25.3 Å². The zero-order valence-corrected chi connectivity index (χ0v) is 23.7. The van der Waals surface area contributed by atoms with Crippen molar-refractivity contribution in [2.75, 3.05) is 20.3 Å². The first kappa shape index (κ1) is 27.0. The first-order chi connectivity index (χ1) is 18.6. The first-order valence-corrected chi connectivity index (χ1v) is 13.6. The normalized spacial score (nSPS) is 16.7. The highest BCUT2D eigenvalue weighted by Crippen LogP contribution is 2.32. The maximum Gasteiger partial charge on any atom is 0.253 e. The summed E-state index contributed by atoms with van der Waals surface area (Å²) in [5.74, 6) is 1.43. The van der Waals surface area contributed by atoms with Gasteiger partial charge >= 0.3 is 0 Å². The van der Waals surface area contributed by atoms with E-state index in [9.17, 15) is 4.79 Å². The number of aromatic amines is 1. The molecular weight excluding hydrogens is 492 g/mol. The second-order valence-electron chi connectivity index (χ2n) is 11.5. The molecule has 1 saturated heterocycles. The van der Waals surface area contributed by atoms with Gasteiger partial charge in [-0.2, -0.15) is 0 Å². The van der Waals surface area contributed by atoms with Gasteiger partial charge in [0.15, 0.2) is 5.82 Å². The monoisotopic (exact) mass is 530 g/mol. The van der Waals surface area contributed by atoms with E-state index in [0.29, 0.717) is 24.5 Å². The molecule has 9 nitrogen and oxygen atoms in total. The summed E-state index contributed by atoms with van der Waals surface area (Å²) in [5.41, 5.74) is 4.21. The fourth-order valence-electron chi connectivity index (χ4n) is 5.52.